The van der Waals surface area contributed by atoms with E-state index in [1.165, 1.54) is 7.11 Å². The fourth-order valence-electron chi connectivity index (χ4n) is 1.48. The van der Waals surface area contributed by atoms with E-state index in [4.69, 9.17) is 5.11 Å². The lowest BCUT2D eigenvalue weighted by Gasteiger charge is -2.18. The molecule has 4 heteroatoms. The van der Waals surface area contributed by atoms with E-state index < -0.39 is 0 Å². The molecule has 0 aromatic heterocycles. The van der Waals surface area contributed by atoms with Gasteiger partial charge in [0.15, 0.2) is 0 Å². The molecule has 2 atom stereocenters. The van der Waals surface area contributed by atoms with Gasteiger partial charge in [-0.15, -0.1) is 0 Å². The zero-order chi connectivity index (χ0) is 12.1. The lowest BCUT2D eigenvalue weighted by atomic mass is 10.1. The molecule has 0 fully saturated rings. The molecule has 0 bridgehead atoms. The van der Waals surface area contributed by atoms with Crippen molar-refractivity contribution >= 4 is 5.97 Å². The molecule has 0 amide bonds. The van der Waals surface area contributed by atoms with Crippen molar-refractivity contribution in [2.75, 3.05) is 7.11 Å². The van der Waals surface area contributed by atoms with Gasteiger partial charge in [0.1, 0.15) is 11.8 Å². The van der Waals surface area contributed by atoms with E-state index in [9.17, 15) is 4.79 Å². The van der Waals surface area contributed by atoms with Gasteiger partial charge in [0.05, 0.1) is 7.11 Å². The zero-order valence-corrected chi connectivity index (χ0v) is 9.73. The third kappa shape index (κ3) is 4.44. The van der Waals surface area contributed by atoms with Crippen LogP contribution >= 0.6 is 0 Å². The first-order valence-electron chi connectivity index (χ1n) is 5.17. The predicted molar refractivity (Wildman–Crippen MR) is 67.9 cm³/mol. The second kappa shape index (κ2) is 6.91. The predicted octanol–water partition coefficient (Wildman–Crippen LogP) is 2.24. The molecular formula is C13H21NO3. The number of rotatable bonds is 4. The lowest BCUT2D eigenvalue weighted by Crippen LogP contribution is -2.36. The van der Waals surface area contributed by atoms with Crippen LogP contribution in [0.15, 0.2) is 24.3 Å². The fourth-order valence-corrected chi connectivity index (χ4v) is 1.48. The number of esters is 1. The highest BCUT2D eigenvalue weighted by Gasteiger charge is 2.16. The Kier molecular flexibility index (Phi) is 6.28. The van der Waals surface area contributed by atoms with E-state index in [2.05, 4.69) is 10.1 Å². The highest BCUT2D eigenvalue weighted by molar-refractivity contribution is 5.75. The van der Waals surface area contributed by atoms with E-state index in [-0.39, 0.29) is 31.2 Å². The summed E-state index contributed by atoms with van der Waals surface area (Å²) < 4.78 is 4.63. The van der Waals surface area contributed by atoms with Crippen LogP contribution < -0.4 is 5.32 Å². The molecule has 2 N–H and O–H groups in total. The number of carbonyl (C=O) groups excluding carboxylic acids is 1. The number of phenols is 1. The van der Waals surface area contributed by atoms with Crippen LogP contribution in [0.3, 0.4) is 0 Å². The summed E-state index contributed by atoms with van der Waals surface area (Å²) in [6.07, 6.45) is 0. The third-order valence-electron chi connectivity index (χ3n) is 2.45. The largest absolute Gasteiger partial charge is 0.508 e. The lowest BCUT2D eigenvalue weighted by molar-refractivity contribution is -0.142. The van der Waals surface area contributed by atoms with Gasteiger partial charge in [-0.3, -0.25) is 10.1 Å². The summed E-state index contributed by atoms with van der Waals surface area (Å²) in [7, 11) is 1.37. The Morgan fingerprint density at radius 1 is 1.29 bits per heavy atom. The van der Waals surface area contributed by atoms with Crippen molar-refractivity contribution in [3.05, 3.63) is 29.8 Å². The number of methoxy groups -OCH3 is 1. The molecule has 4 nitrogen and oxygen atoms in total. The average Bonchev–Trinajstić information content (AvgIpc) is 2.28. The minimum atomic E-state index is -0.353. The van der Waals surface area contributed by atoms with Crippen molar-refractivity contribution in [2.45, 2.75) is 33.4 Å². The maximum Gasteiger partial charge on any atom is 0.322 e. The van der Waals surface area contributed by atoms with Gasteiger partial charge < -0.3 is 9.84 Å². The van der Waals surface area contributed by atoms with Crippen molar-refractivity contribution in [1.29, 1.82) is 0 Å². The van der Waals surface area contributed by atoms with Gasteiger partial charge in [-0.05, 0) is 31.5 Å². The van der Waals surface area contributed by atoms with Crippen LogP contribution in [-0.4, -0.2) is 24.2 Å². The van der Waals surface area contributed by atoms with Gasteiger partial charge >= 0.3 is 5.97 Å². The van der Waals surface area contributed by atoms with Gasteiger partial charge in [-0.1, -0.05) is 19.6 Å². The summed E-state index contributed by atoms with van der Waals surface area (Å²) in [5.74, 6) is -0.0532. The van der Waals surface area contributed by atoms with Gasteiger partial charge in [0, 0.05) is 6.04 Å². The van der Waals surface area contributed by atoms with E-state index in [1.807, 2.05) is 19.1 Å². The van der Waals surface area contributed by atoms with E-state index in [0.717, 1.165) is 5.56 Å². The standard InChI is InChI=1S/C12H17NO3.CH4/c1-8(13-9(2)12(15)16-3)10-4-6-11(14)7-5-10;/h4-9,13-14H,1-3H3;1H4/t8-,9+;/m1./s1. The summed E-state index contributed by atoms with van der Waals surface area (Å²) in [6.45, 7) is 3.70. The molecular weight excluding hydrogens is 218 g/mol. The van der Waals surface area contributed by atoms with Gasteiger partial charge in [-0.2, -0.15) is 0 Å². The number of aromatic hydroxyl groups is 1. The number of nitrogens with one attached hydrogen (secondary N) is 1. The van der Waals surface area contributed by atoms with Crippen LogP contribution in [0, 0.1) is 0 Å². The van der Waals surface area contributed by atoms with Crippen LogP contribution in [0.2, 0.25) is 0 Å². The molecule has 17 heavy (non-hydrogen) atoms. The third-order valence-corrected chi connectivity index (χ3v) is 2.45. The van der Waals surface area contributed by atoms with Crippen LogP contribution in [-0.2, 0) is 9.53 Å². The first-order valence-corrected chi connectivity index (χ1v) is 5.17. The van der Waals surface area contributed by atoms with E-state index in [0.29, 0.717) is 0 Å². The van der Waals surface area contributed by atoms with Gasteiger partial charge in [-0.25, -0.2) is 0 Å². The Bertz CT molecular complexity index is 348. The molecule has 1 aromatic rings. The number of phenolic OH excluding ortho intramolecular Hbond substituents is 1. The first kappa shape index (κ1) is 15.4. The normalized spacial score (nSPS) is 13.4. The van der Waals surface area contributed by atoms with Crippen molar-refractivity contribution in [2.24, 2.45) is 0 Å². The van der Waals surface area contributed by atoms with Crippen LogP contribution in [0.25, 0.3) is 0 Å². The smallest absolute Gasteiger partial charge is 0.322 e. The number of benzene rings is 1. The first-order chi connectivity index (χ1) is 7.54. The minimum absolute atomic E-state index is 0. The van der Waals surface area contributed by atoms with Crippen LogP contribution in [0.5, 0.6) is 5.75 Å². The topological polar surface area (TPSA) is 58.6 Å². The molecule has 0 radical (unpaired) electrons. The highest BCUT2D eigenvalue weighted by Crippen LogP contribution is 2.16. The summed E-state index contributed by atoms with van der Waals surface area (Å²) >= 11 is 0. The molecule has 0 unspecified atom stereocenters. The summed E-state index contributed by atoms with van der Waals surface area (Å²) in [5, 5.41) is 12.3. The number of hydrogen-bond acceptors (Lipinski definition) is 4. The van der Waals surface area contributed by atoms with Crippen molar-refractivity contribution in [1.82, 2.24) is 5.32 Å². The van der Waals surface area contributed by atoms with Crippen molar-refractivity contribution < 1.29 is 14.6 Å². The van der Waals surface area contributed by atoms with Crippen LogP contribution in [0.1, 0.15) is 32.9 Å². The number of ether oxygens (including phenoxy) is 1. The molecule has 96 valence electrons. The van der Waals surface area contributed by atoms with Crippen LogP contribution in [0.4, 0.5) is 0 Å². The molecule has 0 aliphatic heterocycles. The Hall–Kier alpha value is -1.55. The van der Waals surface area contributed by atoms with E-state index in [1.54, 1.807) is 19.1 Å². The molecule has 0 saturated heterocycles. The quantitative estimate of drug-likeness (QED) is 0.791. The van der Waals surface area contributed by atoms with Crippen molar-refractivity contribution in [3.63, 3.8) is 0 Å². The summed E-state index contributed by atoms with van der Waals surface area (Å²) in [5.41, 5.74) is 1.01. The molecule has 1 aromatic carbocycles. The molecule has 0 saturated carbocycles. The zero-order valence-electron chi connectivity index (χ0n) is 9.73. The SMILES string of the molecule is C.COC(=O)[C@H](C)N[C@H](C)c1ccc(O)cc1. The second-order valence-corrected chi connectivity index (χ2v) is 3.72. The molecule has 0 aliphatic carbocycles. The number of hydrogen-bond donors (Lipinski definition) is 2. The fraction of sp³-hybridized carbons (Fsp3) is 0.462. The van der Waals surface area contributed by atoms with Gasteiger partial charge in [0.25, 0.3) is 0 Å². The summed E-state index contributed by atoms with van der Waals surface area (Å²) in [4.78, 5) is 11.2. The Morgan fingerprint density at radius 3 is 2.29 bits per heavy atom. The Balaban J connectivity index is 0.00000256. The maximum absolute atomic E-state index is 11.2. The minimum Gasteiger partial charge on any atom is -0.508 e. The van der Waals surface area contributed by atoms with E-state index >= 15 is 0 Å². The number of carbonyl (C=O) groups is 1. The molecule has 0 aliphatic rings. The Labute approximate surface area is 103 Å². The molecule has 0 heterocycles. The maximum atomic E-state index is 11.2. The van der Waals surface area contributed by atoms with Crippen molar-refractivity contribution in [3.8, 4) is 5.75 Å². The highest BCUT2D eigenvalue weighted by atomic mass is 16.5. The summed E-state index contributed by atoms with van der Waals surface area (Å²) in [6, 6.07) is 6.55. The Morgan fingerprint density at radius 2 is 1.82 bits per heavy atom. The molecule has 1 rings (SSSR count). The second-order valence-electron chi connectivity index (χ2n) is 3.72. The molecule has 0 spiro atoms. The van der Waals surface area contributed by atoms with Gasteiger partial charge in [0.2, 0.25) is 0 Å². The average molecular weight is 239 g/mol. The monoisotopic (exact) mass is 239 g/mol.